The van der Waals surface area contributed by atoms with E-state index in [-0.39, 0.29) is 0 Å². The largest absolute Gasteiger partial charge is 0.478 e. The summed E-state index contributed by atoms with van der Waals surface area (Å²) in [5.41, 5.74) is 1.31. The number of pyridine rings is 1. The highest BCUT2D eigenvalue weighted by Gasteiger charge is 1.99. The SMILES string of the molecule is O=C(O)/C=C/c1cn2cc(Cl)ccc2n1. The van der Waals surface area contributed by atoms with Crippen LogP contribution in [0.5, 0.6) is 0 Å². The Kier molecular flexibility index (Phi) is 2.43. The molecule has 0 atom stereocenters. The van der Waals surface area contributed by atoms with Gasteiger partial charge in [0.15, 0.2) is 0 Å². The first-order chi connectivity index (χ1) is 7.15. The topological polar surface area (TPSA) is 54.6 Å². The van der Waals surface area contributed by atoms with Crippen molar-refractivity contribution >= 4 is 29.3 Å². The van der Waals surface area contributed by atoms with E-state index in [4.69, 9.17) is 16.7 Å². The predicted molar refractivity (Wildman–Crippen MR) is 56.9 cm³/mol. The lowest BCUT2D eigenvalue weighted by atomic mass is 10.4. The van der Waals surface area contributed by atoms with Crippen LogP contribution < -0.4 is 0 Å². The van der Waals surface area contributed by atoms with Crippen LogP contribution in [0.25, 0.3) is 11.7 Å². The Morgan fingerprint density at radius 3 is 3.00 bits per heavy atom. The van der Waals surface area contributed by atoms with Crippen molar-refractivity contribution in [2.45, 2.75) is 0 Å². The van der Waals surface area contributed by atoms with Gasteiger partial charge in [-0.05, 0) is 18.2 Å². The van der Waals surface area contributed by atoms with Gasteiger partial charge in [0.2, 0.25) is 0 Å². The first-order valence-electron chi connectivity index (χ1n) is 4.20. The fourth-order valence-corrected chi connectivity index (χ4v) is 1.39. The Balaban J connectivity index is 2.43. The van der Waals surface area contributed by atoms with Crippen molar-refractivity contribution in [3.05, 3.63) is 41.3 Å². The van der Waals surface area contributed by atoms with Gasteiger partial charge in [-0.3, -0.25) is 0 Å². The summed E-state index contributed by atoms with van der Waals surface area (Å²) in [7, 11) is 0. The minimum absolute atomic E-state index is 0.583. The third-order valence-corrected chi connectivity index (χ3v) is 2.05. The van der Waals surface area contributed by atoms with Gasteiger partial charge in [0.1, 0.15) is 5.65 Å². The van der Waals surface area contributed by atoms with Crippen molar-refractivity contribution < 1.29 is 9.90 Å². The molecule has 0 spiro atoms. The van der Waals surface area contributed by atoms with E-state index in [1.54, 1.807) is 28.9 Å². The second-order valence-corrected chi connectivity index (χ2v) is 3.39. The van der Waals surface area contributed by atoms with Gasteiger partial charge < -0.3 is 9.51 Å². The summed E-state index contributed by atoms with van der Waals surface area (Å²) in [6.07, 6.45) is 5.90. The van der Waals surface area contributed by atoms with Crippen LogP contribution in [0, 0.1) is 0 Å². The van der Waals surface area contributed by atoms with Gasteiger partial charge in [-0.15, -0.1) is 0 Å². The van der Waals surface area contributed by atoms with Gasteiger partial charge >= 0.3 is 5.97 Å². The zero-order valence-electron chi connectivity index (χ0n) is 7.59. The van der Waals surface area contributed by atoms with Crippen molar-refractivity contribution in [3.63, 3.8) is 0 Å². The minimum atomic E-state index is -0.995. The maximum atomic E-state index is 10.3. The van der Waals surface area contributed by atoms with Crippen LogP contribution in [0.1, 0.15) is 5.69 Å². The summed E-state index contributed by atoms with van der Waals surface area (Å²) in [4.78, 5) is 14.5. The van der Waals surface area contributed by atoms with E-state index in [1.807, 2.05) is 0 Å². The van der Waals surface area contributed by atoms with E-state index in [9.17, 15) is 4.79 Å². The summed E-state index contributed by atoms with van der Waals surface area (Å²) < 4.78 is 1.74. The molecule has 0 fully saturated rings. The molecule has 2 rings (SSSR count). The zero-order valence-corrected chi connectivity index (χ0v) is 8.35. The molecule has 0 aliphatic rings. The Morgan fingerprint density at radius 1 is 1.47 bits per heavy atom. The predicted octanol–water partition coefficient (Wildman–Crippen LogP) is 2.09. The van der Waals surface area contributed by atoms with Crippen molar-refractivity contribution in [2.75, 3.05) is 0 Å². The summed E-state index contributed by atoms with van der Waals surface area (Å²) in [5, 5.41) is 9.06. The number of rotatable bonds is 2. The first-order valence-corrected chi connectivity index (χ1v) is 4.58. The molecule has 0 unspecified atom stereocenters. The number of aliphatic carboxylic acids is 1. The van der Waals surface area contributed by atoms with Gasteiger partial charge in [-0.25, -0.2) is 9.78 Å². The van der Waals surface area contributed by atoms with Crippen LogP contribution in [0.15, 0.2) is 30.6 Å². The third kappa shape index (κ3) is 2.16. The van der Waals surface area contributed by atoms with E-state index in [2.05, 4.69) is 4.98 Å². The highest BCUT2D eigenvalue weighted by Crippen LogP contribution is 2.12. The number of carboxylic acid groups (broad SMARTS) is 1. The van der Waals surface area contributed by atoms with Gasteiger partial charge in [0.25, 0.3) is 0 Å². The molecule has 0 aliphatic heterocycles. The molecule has 0 bridgehead atoms. The van der Waals surface area contributed by atoms with Crippen molar-refractivity contribution in [3.8, 4) is 0 Å². The summed E-state index contributed by atoms with van der Waals surface area (Å²) in [6, 6.07) is 3.50. The number of aromatic nitrogens is 2. The highest BCUT2D eigenvalue weighted by molar-refractivity contribution is 6.30. The molecule has 1 N–H and O–H groups in total. The van der Waals surface area contributed by atoms with Gasteiger partial charge in [-0.2, -0.15) is 0 Å². The first kappa shape index (κ1) is 9.73. The van der Waals surface area contributed by atoms with Crippen LogP contribution in [-0.2, 0) is 4.79 Å². The molecule has 0 radical (unpaired) electrons. The fraction of sp³-hybridized carbons (Fsp3) is 0. The van der Waals surface area contributed by atoms with Crippen LogP contribution in [0.4, 0.5) is 0 Å². The molecule has 0 amide bonds. The molecule has 5 heteroatoms. The van der Waals surface area contributed by atoms with E-state index < -0.39 is 5.97 Å². The van der Waals surface area contributed by atoms with Crippen molar-refractivity contribution in [1.29, 1.82) is 0 Å². The molecule has 15 heavy (non-hydrogen) atoms. The lowest BCUT2D eigenvalue weighted by molar-refractivity contribution is -0.131. The maximum absolute atomic E-state index is 10.3. The van der Waals surface area contributed by atoms with E-state index in [0.717, 1.165) is 11.7 Å². The van der Waals surface area contributed by atoms with E-state index >= 15 is 0 Å². The average molecular weight is 223 g/mol. The normalized spacial score (nSPS) is 11.3. The lowest BCUT2D eigenvalue weighted by Crippen LogP contribution is -1.85. The number of nitrogens with zero attached hydrogens (tertiary/aromatic N) is 2. The molecular weight excluding hydrogens is 216 g/mol. The van der Waals surface area contributed by atoms with Crippen LogP contribution in [-0.4, -0.2) is 20.5 Å². The maximum Gasteiger partial charge on any atom is 0.328 e. The second-order valence-electron chi connectivity index (χ2n) is 2.95. The Hall–Kier alpha value is -1.81. The Morgan fingerprint density at radius 2 is 2.27 bits per heavy atom. The molecule has 0 aliphatic carbocycles. The quantitative estimate of drug-likeness (QED) is 0.792. The molecular formula is C10H7ClN2O2. The molecule has 2 aromatic rings. The van der Waals surface area contributed by atoms with E-state index in [0.29, 0.717) is 10.7 Å². The summed E-state index contributed by atoms with van der Waals surface area (Å²) >= 11 is 5.79. The van der Waals surface area contributed by atoms with E-state index in [1.165, 1.54) is 6.08 Å². The Bertz CT molecular complexity index is 545. The minimum Gasteiger partial charge on any atom is -0.478 e. The van der Waals surface area contributed by atoms with Crippen LogP contribution >= 0.6 is 11.6 Å². The van der Waals surface area contributed by atoms with Crippen molar-refractivity contribution in [1.82, 2.24) is 9.38 Å². The zero-order chi connectivity index (χ0) is 10.8. The molecule has 0 aromatic carbocycles. The second kappa shape index (κ2) is 3.74. The molecule has 4 nitrogen and oxygen atoms in total. The van der Waals surface area contributed by atoms with Gasteiger partial charge in [0, 0.05) is 18.5 Å². The number of halogens is 1. The number of carboxylic acids is 1. The van der Waals surface area contributed by atoms with Crippen molar-refractivity contribution in [2.24, 2.45) is 0 Å². The van der Waals surface area contributed by atoms with Crippen LogP contribution in [0.3, 0.4) is 0 Å². The number of carbonyl (C=O) groups is 1. The number of hydrogen-bond acceptors (Lipinski definition) is 2. The average Bonchev–Trinajstić information content (AvgIpc) is 2.56. The van der Waals surface area contributed by atoms with Gasteiger partial charge in [-0.1, -0.05) is 11.6 Å². The molecule has 76 valence electrons. The highest BCUT2D eigenvalue weighted by atomic mass is 35.5. The summed E-state index contributed by atoms with van der Waals surface area (Å²) in [6.45, 7) is 0. The number of hydrogen-bond donors (Lipinski definition) is 1. The lowest BCUT2D eigenvalue weighted by Gasteiger charge is -1.91. The fourth-order valence-electron chi connectivity index (χ4n) is 1.22. The Labute approximate surface area is 90.4 Å². The molecule has 0 saturated heterocycles. The van der Waals surface area contributed by atoms with Crippen LogP contribution in [0.2, 0.25) is 5.02 Å². The number of fused-ring (bicyclic) bond motifs is 1. The molecule has 0 saturated carbocycles. The standard InChI is InChI=1S/C10H7ClN2O2/c11-7-1-3-9-12-8(2-4-10(14)15)6-13(9)5-7/h1-6H,(H,14,15)/b4-2+. The van der Waals surface area contributed by atoms with Gasteiger partial charge in [0.05, 0.1) is 10.7 Å². The smallest absolute Gasteiger partial charge is 0.328 e. The number of imidazole rings is 1. The monoisotopic (exact) mass is 222 g/mol. The molecule has 2 heterocycles. The summed E-state index contributed by atoms with van der Waals surface area (Å²) in [5.74, 6) is -0.995. The third-order valence-electron chi connectivity index (χ3n) is 1.83. The molecule has 2 aromatic heterocycles.